The van der Waals surface area contributed by atoms with Crippen LogP contribution in [0.2, 0.25) is 0 Å². The van der Waals surface area contributed by atoms with E-state index in [1.807, 2.05) is 62.4 Å². The molecule has 5 heteroatoms. The number of carbonyl (C=O) groups excluding carboxylic acids is 1. The highest BCUT2D eigenvalue weighted by atomic mass is 32.2. The van der Waals surface area contributed by atoms with E-state index in [-0.39, 0.29) is 17.4 Å². The molecule has 4 nitrogen and oxygen atoms in total. The summed E-state index contributed by atoms with van der Waals surface area (Å²) in [7, 11) is 1.00. The first-order valence-electron chi connectivity index (χ1n) is 17.5. The van der Waals surface area contributed by atoms with Gasteiger partial charge in [0.2, 0.25) is 5.91 Å². The van der Waals surface area contributed by atoms with Crippen LogP contribution >= 0.6 is 11.9 Å². The van der Waals surface area contributed by atoms with E-state index in [0.29, 0.717) is 23.7 Å². The Morgan fingerprint density at radius 1 is 0.864 bits per heavy atom. The van der Waals surface area contributed by atoms with Crippen LogP contribution in [0, 0.1) is 47.3 Å². The van der Waals surface area contributed by atoms with E-state index < -0.39 is 0 Å². The fraction of sp³-hybridized carbons (Fsp3) is 0.667. The van der Waals surface area contributed by atoms with Crippen molar-refractivity contribution < 1.29 is 15.0 Å². The first kappa shape index (κ1) is 36.6. The summed E-state index contributed by atoms with van der Waals surface area (Å²) < 4.78 is 2.98. The SMILES string of the molecule is CC.CC12CCCCC1CCC1C2CCC2(C)C(CCCC(=O)NSc3ccccc3)C(O)CC12.CO.Cc1ccccc1. The van der Waals surface area contributed by atoms with E-state index in [4.69, 9.17) is 5.11 Å². The van der Waals surface area contributed by atoms with Gasteiger partial charge < -0.3 is 10.2 Å². The molecule has 0 saturated heterocycles. The molecule has 6 rings (SSSR count). The van der Waals surface area contributed by atoms with Gasteiger partial charge in [-0.1, -0.05) is 94.6 Å². The van der Waals surface area contributed by atoms with Gasteiger partial charge in [-0.15, -0.1) is 0 Å². The third kappa shape index (κ3) is 8.70. The third-order valence-corrected chi connectivity index (χ3v) is 12.6. The number of rotatable bonds is 6. The maximum absolute atomic E-state index is 12.4. The summed E-state index contributed by atoms with van der Waals surface area (Å²) in [4.78, 5) is 13.5. The van der Waals surface area contributed by atoms with Gasteiger partial charge in [0.25, 0.3) is 0 Å². The summed E-state index contributed by atoms with van der Waals surface area (Å²) in [6.07, 6.45) is 14.4. The zero-order chi connectivity index (χ0) is 32.2. The van der Waals surface area contributed by atoms with Crippen LogP contribution in [-0.4, -0.2) is 29.3 Å². The lowest BCUT2D eigenvalue weighted by molar-refractivity contribution is -0.120. The van der Waals surface area contributed by atoms with Crippen LogP contribution in [0.1, 0.15) is 110 Å². The molecule has 8 atom stereocenters. The molecule has 44 heavy (non-hydrogen) atoms. The summed E-state index contributed by atoms with van der Waals surface area (Å²) in [6, 6.07) is 20.3. The Bertz CT molecular complexity index is 1100. The smallest absolute Gasteiger partial charge is 0.230 e. The highest BCUT2D eigenvalue weighted by Crippen LogP contribution is 2.67. The Hall–Kier alpha value is -1.82. The molecule has 3 N–H and O–H groups in total. The predicted molar refractivity (Wildman–Crippen MR) is 186 cm³/mol. The largest absolute Gasteiger partial charge is 0.400 e. The summed E-state index contributed by atoms with van der Waals surface area (Å²) >= 11 is 1.40. The second-order valence-corrected chi connectivity index (χ2v) is 14.7. The van der Waals surface area contributed by atoms with Crippen molar-refractivity contribution >= 4 is 17.9 Å². The second kappa shape index (κ2) is 17.8. The highest BCUT2D eigenvalue weighted by Gasteiger charge is 2.61. The molecule has 246 valence electrons. The van der Waals surface area contributed by atoms with E-state index in [1.54, 1.807) is 0 Å². The number of aliphatic hydroxyl groups is 2. The summed E-state index contributed by atoms with van der Waals surface area (Å²) in [6.45, 7) is 11.2. The predicted octanol–water partition coefficient (Wildman–Crippen LogP) is 9.63. The molecule has 0 spiro atoms. The molecule has 2 aromatic rings. The lowest BCUT2D eigenvalue weighted by Crippen LogP contribution is -2.52. The molecule has 4 aliphatic carbocycles. The third-order valence-electron chi connectivity index (χ3n) is 11.7. The van der Waals surface area contributed by atoms with Gasteiger partial charge in [-0.05, 0) is 129 Å². The Kier molecular flexibility index (Phi) is 14.8. The first-order valence-corrected chi connectivity index (χ1v) is 18.3. The molecule has 2 aromatic carbocycles. The van der Waals surface area contributed by atoms with Crippen molar-refractivity contribution in [2.24, 2.45) is 40.4 Å². The van der Waals surface area contributed by atoms with Crippen LogP contribution in [-0.2, 0) is 4.79 Å². The van der Waals surface area contributed by atoms with Crippen molar-refractivity contribution in [1.29, 1.82) is 0 Å². The highest BCUT2D eigenvalue weighted by molar-refractivity contribution is 7.98. The molecular weight excluding hydrogens is 563 g/mol. The van der Waals surface area contributed by atoms with Gasteiger partial charge >= 0.3 is 0 Å². The number of hydrogen-bond donors (Lipinski definition) is 3. The lowest BCUT2D eigenvalue weighted by atomic mass is 9.45. The Labute approximate surface area is 273 Å². The molecule has 4 saturated carbocycles. The quantitative estimate of drug-likeness (QED) is 0.280. The standard InChI is InChI=1S/C29H43NO2S.C7H8.C2H6.CH4O/c1-28-17-7-6-9-20(28)14-15-22-23(28)16-18-29(2)24(26(31)19-25(22)29)12-8-13-27(32)30-33-21-10-4-3-5-11-21;1-7-5-3-2-4-6-7;2*1-2/h3-5,10-11,20,22-26,31H,6-9,12-19H2,1-2H3,(H,30,32);2-6H,1H3;1-2H3;2H,1H3. The zero-order valence-corrected chi connectivity index (χ0v) is 29.3. The zero-order valence-electron chi connectivity index (χ0n) is 28.4. The van der Waals surface area contributed by atoms with Crippen LogP contribution < -0.4 is 4.72 Å². The van der Waals surface area contributed by atoms with E-state index in [1.165, 1.54) is 68.9 Å². The van der Waals surface area contributed by atoms with Crippen LogP contribution in [0.5, 0.6) is 0 Å². The van der Waals surface area contributed by atoms with E-state index >= 15 is 0 Å². The average molecular weight is 624 g/mol. The Morgan fingerprint density at radius 2 is 1.52 bits per heavy atom. The van der Waals surface area contributed by atoms with Gasteiger partial charge in [-0.25, -0.2) is 0 Å². The lowest BCUT2D eigenvalue weighted by Gasteiger charge is -2.60. The summed E-state index contributed by atoms with van der Waals surface area (Å²) in [5.41, 5.74) is 2.14. The number of carbonyl (C=O) groups is 1. The van der Waals surface area contributed by atoms with E-state index in [0.717, 1.165) is 49.0 Å². The van der Waals surface area contributed by atoms with Crippen LogP contribution in [0.4, 0.5) is 0 Å². The number of hydrogen-bond acceptors (Lipinski definition) is 4. The second-order valence-electron chi connectivity index (χ2n) is 13.8. The van der Waals surface area contributed by atoms with Crippen molar-refractivity contribution in [3.8, 4) is 0 Å². The van der Waals surface area contributed by atoms with Crippen molar-refractivity contribution in [2.75, 3.05) is 7.11 Å². The minimum Gasteiger partial charge on any atom is -0.400 e. The molecule has 0 aliphatic heterocycles. The molecule has 1 amide bonds. The molecule has 4 aliphatic rings. The average Bonchev–Trinajstić information content (AvgIpc) is 3.32. The van der Waals surface area contributed by atoms with Crippen LogP contribution in [0.25, 0.3) is 0 Å². The van der Waals surface area contributed by atoms with Gasteiger partial charge in [0.05, 0.1) is 6.10 Å². The Balaban J connectivity index is 0.000000414. The number of aryl methyl sites for hydroxylation is 1. The van der Waals surface area contributed by atoms with E-state index in [9.17, 15) is 9.90 Å². The summed E-state index contributed by atoms with van der Waals surface area (Å²) in [5.74, 6) is 3.78. The van der Waals surface area contributed by atoms with Crippen molar-refractivity contribution in [1.82, 2.24) is 4.72 Å². The molecule has 8 unspecified atom stereocenters. The first-order chi connectivity index (χ1) is 21.3. The molecule has 4 fully saturated rings. The molecule has 0 heterocycles. The van der Waals surface area contributed by atoms with Gasteiger partial charge in [0, 0.05) is 18.4 Å². The number of aliphatic hydroxyl groups excluding tert-OH is 2. The molecule has 0 bridgehead atoms. The maximum Gasteiger partial charge on any atom is 0.230 e. The Morgan fingerprint density at radius 3 is 2.16 bits per heavy atom. The fourth-order valence-corrected chi connectivity index (χ4v) is 10.2. The number of nitrogens with one attached hydrogen (secondary N) is 1. The van der Waals surface area contributed by atoms with E-state index in [2.05, 4.69) is 37.6 Å². The maximum atomic E-state index is 12.4. The molecule has 0 radical (unpaired) electrons. The number of fused-ring (bicyclic) bond motifs is 5. The van der Waals surface area contributed by atoms with Crippen LogP contribution in [0.15, 0.2) is 65.6 Å². The fourth-order valence-electron chi connectivity index (χ4n) is 9.61. The monoisotopic (exact) mass is 623 g/mol. The van der Waals surface area contributed by atoms with Gasteiger partial charge in [0.1, 0.15) is 0 Å². The van der Waals surface area contributed by atoms with Crippen molar-refractivity contribution in [2.45, 2.75) is 123 Å². The number of benzene rings is 2. The van der Waals surface area contributed by atoms with Gasteiger partial charge in [-0.3, -0.25) is 9.52 Å². The van der Waals surface area contributed by atoms with Crippen LogP contribution in [0.3, 0.4) is 0 Å². The topological polar surface area (TPSA) is 69.6 Å². The molecule has 0 aromatic heterocycles. The normalized spacial score (nSPS) is 33.3. The molecular formula is C39H61NO3S. The summed E-state index contributed by atoms with van der Waals surface area (Å²) in [5, 5.41) is 18.2. The van der Waals surface area contributed by atoms with Crippen molar-refractivity contribution in [3.63, 3.8) is 0 Å². The minimum absolute atomic E-state index is 0.102. The van der Waals surface area contributed by atoms with Gasteiger partial charge in [0.15, 0.2) is 0 Å². The minimum atomic E-state index is -0.183. The number of amides is 1. The van der Waals surface area contributed by atoms with Crippen molar-refractivity contribution in [3.05, 3.63) is 66.2 Å². The van der Waals surface area contributed by atoms with Gasteiger partial charge in [-0.2, -0.15) is 0 Å².